The van der Waals surface area contributed by atoms with Gasteiger partial charge in [0.1, 0.15) is 0 Å². The lowest BCUT2D eigenvalue weighted by molar-refractivity contribution is 0.0952. The van der Waals surface area contributed by atoms with Crippen molar-refractivity contribution in [3.8, 4) is 0 Å². The molecule has 20 heavy (non-hydrogen) atoms. The van der Waals surface area contributed by atoms with E-state index in [0.717, 1.165) is 28.5 Å². The number of pyridine rings is 1. The van der Waals surface area contributed by atoms with E-state index in [1.54, 1.807) is 36.0 Å². The van der Waals surface area contributed by atoms with Crippen LogP contribution in [0, 0.1) is 6.92 Å². The van der Waals surface area contributed by atoms with Crippen molar-refractivity contribution in [1.29, 1.82) is 0 Å². The number of nitrogens with one attached hydrogen (secondary N) is 2. The second-order valence-electron chi connectivity index (χ2n) is 4.38. The molecule has 2 heterocycles. The largest absolute Gasteiger partial charge is 0.383 e. The molecule has 0 saturated heterocycles. The van der Waals surface area contributed by atoms with Gasteiger partial charge in [0.15, 0.2) is 0 Å². The zero-order chi connectivity index (χ0) is 14.4. The van der Waals surface area contributed by atoms with Crippen molar-refractivity contribution < 1.29 is 4.79 Å². The fourth-order valence-corrected chi connectivity index (χ4v) is 2.48. The van der Waals surface area contributed by atoms with Crippen molar-refractivity contribution >= 4 is 22.9 Å². The Kier molecular flexibility index (Phi) is 5.06. The van der Waals surface area contributed by atoms with E-state index in [4.69, 9.17) is 0 Å². The Balaban J connectivity index is 2.01. The molecule has 0 aromatic carbocycles. The third kappa shape index (κ3) is 3.77. The van der Waals surface area contributed by atoms with Gasteiger partial charge in [0.25, 0.3) is 5.91 Å². The normalized spacial score (nSPS) is 10.3. The van der Waals surface area contributed by atoms with Crippen LogP contribution in [0.3, 0.4) is 0 Å². The molecule has 0 radical (unpaired) electrons. The highest BCUT2D eigenvalue weighted by atomic mass is 32.1. The Morgan fingerprint density at radius 2 is 2.25 bits per heavy atom. The van der Waals surface area contributed by atoms with Crippen molar-refractivity contribution in [2.24, 2.45) is 0 Å². The van der Waals surface area contributed by atoms with Crippen LogP contribution in [0.5, 0.6) is 0 Å². The summed E-state index contributed by atoms with van der Waals surface area (Å²) in [5.41, 5.74) is 1.39. The average Bonchev–Trinajstić information content (AvgIpc) is 2.88. The van der Waals surface area contributed by atoms with Crippen molar-refractivity contribution in [3.05, 3.63) is 40.1 Å². The molecule has 106 valence electrons. The Morgan fingerprint density at radius 3 is 2.95 bits per heavy atom. The zero-order valence-electron chi connectivity index (χ0n) is 11.6. The molecule has 0 spiro atoms. The van der Waals surface area contributed by atoms with Gasteiger partial charge in [-0.3, -0.25) is 9.78 Å². The van der Waals surface area contributed by atoms with Gasteiger partial charge >= 0.3 is 0 Å². The number of hydrogen-bond acceptors (Lipinski definition) is 5. The van der Waals surface area contributed by atoms with E-state index in [1.165, 1.54) is 0 Å². The summed E-state index contributed by atoms with van der Waals surface area (Å²) in [6.45, 7) is 5.35. The van der Waals surface area contributed by atoms with E-state index < -0.39 is 0 Å². The lowest BCUT2D eigenvalue weighted by Gasteiger charge is -2.10. The minimum Gasteiger partial charge on any atom is -0.383 e. The van der Waals surface area contributed by atoms with Crippen LogP contribution >= 0.6 is 11.3 Å². The monoisotopic (exact) mass is 290 g/mol. The molecular weight excluding hydrogens is 272 g/mol. The van der Waals surface area contributed by atoms with Gasteiger partial charge in [0, 0.05) is 23.8 Å². The molecule has 2 aromatic heterocycles. The summed E-state index contributed by atoms with van der Waals surface area (Å²) in [5, 5.41) is 7.13. The van der Waals surface area contributed by atoms with Gasteiger partial charge in [-0.15, -0.1) is 11.3 Å². The Labute approximate surface area is 122 Å². The lowest BCUT2D eigenvalue weighted by Crippen LogP contribution is -2.23. The van der Waals surface area contributed by atoms with Gasteiger partial charge in [-0.2, -0.15) is 0 Å². The second-order valence-corrected chi connectivity index (χ2v) is 5.70. The Bertz CT molecular complexity index is 582. The van der Waals surface area contributed by atoms with Crippen molar-refractivity contribution in [2.75, 3.05) is 11.9 Å². The predicted molar refractivity (Wildman–Crippen MR) is 81.0 cm³/mol. The van der Waals surface area contributed by atoms with Crippen molar-refractivity contribution in [2.45, 2.75) is 26.8 Å². The smallest absolute Gasteiger partial charge is 0.253 e. The van der Waals surface area contributed by atoms with Crippen LogP contribution in [0.25, 0.3) is 0 Å². The van der Waals surface area contributed by atoms with E-state index >= 15 is 0 Å². The molecule has 0 aliphatic heterocycles. The summed E-state index contributed by atoms with van der Waals surface area (Å²) in [7, 11) is 0. The standard InChI is InChI=1S/C14H18N4OS/c1-3-5-16-13-9-15-6-4-12(13)14(19)18-8-11-7-17-10(2)20-11/h4,6-7,9,16H,3,5,8H2,1-2H3,(H,18,19). The Morgan fingerprint density at radius 1 is 1.40 bits per heavy atom. The molecule has 0 fully saturated rings. The molecule has 5 nitrogen and oxygen atoms in total. The number of nitrogens with zero attached hydrogens (tertiary/aromatic N) is 2. The highest BCUT2D eigenvalue weighted by Gasteiger charge is 2.11. The number of carbonyl (C=O) groups excluding carboxylic acids is 1. The predicted octanol–water partition coefficient (Wildman–Crippen LogP) is 2.60. The summed E-state index contributed by atoms with van der Waals surface area (Å²) < 4.78 is 0. The first kappa shape index (κ1) is 14.5. The number of aryl methyl sites for hydroxylation is 1. The van der Waals surface area contributed by atoms with Gasteiger partial charge in [-0.25, -0.2) is 4.98 Å². The first-order valence-corrected chi connectivity index (χ1v) is 7.39. The van der Waals surface area contributed by atoms with E-state index in [0.29, 0.717) is 12.1 Å². The fraction of sp³-hybridized carbons (Fsp3) is 0.357. The van der Waals surface area contributed by atoms with Gasteiger partial charge in [-0.05, 0) is 19.4 Å². The summed E-state index contributed by atoms with van der Waals surface area (Å²) >= 11 is 1.59. The van der Waals surface area contributed by atoms with Gasteiger partial charge < -0.3 is 10.6 Å². The average molecular weight is 290 g/mol. The molecule has 1 amide bonds. The van der Waals surface area contributed by atoms with Crippen molar-refractivity contribution in [1.82, 2.24) is 15.3 Å². The maximum absolute atomic E-state index is 12.2. The molecule has 0 bridgehead atoms. The topological polar surface area (TPSA) is 66.9 Å². The molecule has 0 saturated carbocycles. The van der Waals surface area contributed by atoms with E-state index in [-0.39, 0.29) is 5.91 Å². The van der Waals surface area contributed by atoms with Crippen LogP contribution in [-0.2, 0) is 6.54 Å². The minimum atomic E-state index is -0.0999. The van der Waals surface area contributed by atoms with Crippen LogP contribution in [-0.4, -0.2) is 22.4 Å². The van der Waals surface area contributed by atoms with Crippen LogP contribution in [0.2, 0.25) is 0 Å². The first-order chi connectivity index (χ1) is 9.70. The number of hydrogen-bond donors (Lipinski definition) is 2. The second kappa shape index (κ2) is 7.00. The number of aromatic nitrogens is 2. The van der Waals surface area contributed by atoms with Gasteiger partial charge in [0.2, 0.25) is 0 Å². The molecule has 2 N–H and O–H groups in total. The van der Waals surface area contributed by atoms with Crippen LogP contribution < -0.4 is 10.6 Å². The van der Waals surface area contributed by atoms with Gasteiger partial charge in [0.05, 0.1) is 29.0 Å². The van der Waals surface area contributed by atoms with Crippen LogP contribution in [0.15, 0.2) is 24.7 Å². The molecule has 0 aliphatic rings. The number of anilines is 1. The lowest BCUT2D eigenvalue weighted by atomic mass is 10.2. The van der Waals surface area contributed by atoms with Gasteiger partial charge in [-0.1, -0.05) is 6.92 Å². The summed E-state index contributed by atoms with van der Waals surface area (Å²) in [4.78, 5) is 21.5. The Hall–Kier alpha value is -1.95. The molecule has 0 atom stereocenters. The number of thiazole rings is 1. The highest BCUT2D eigenvalue weighted by Crippen LogP contribution is 2.15. The first-order valence-electron chi connectivity index (χ1n) is 6.58. The number of rotatable bonds is 6. The van der Waals surface area contributed by atoms with E-state index in [9.17, 15) is 4.79 Å². The van der Waals surface area contributed by atoms with Crippen LogP contribution in [0.1, 0.15) is 33.6 Å². The molecule has 2 aromatic rings. The number of amides is 1. The summed E-state index contributed by atoms with van der Waals surface area (Å²) in [6, 6.07) is 1.73. The molecule has 0 unspecified atom stereocenters. The SMILES string of the molecule is CCCNc1cnccc1C(=O)NCc1cnc(C)s1. The molecular formula is C14H18N4OS. The van der Waals surface area contributed by atoms with Crippen molar-refractivity contribution in [3.63, 3.8) is 0 Å². The summed E-state index contributed by atoms with van der Waals surface area (Å²) in [6.07, 6.45) is 6.10. The molecule has 2 rings (SSSR count). The highest BCUT2D eigenvalue weighted by molar-refractivity contribution is 7.11. The zero-order valence-corrected chi connectivity index (χ0v) is 12.5. The number of carbonyl (C=O) groups is 1. The molecule has 0 aliphatic carbocycles. The minimum absolute atomic E-state index is 0.0999. The summed E-state index contributed by atoms with van der Waals surface area (Å²) in [5.74, 6) is -0.0999. The fourth-order valence-electron chi connectivity index (χ4n) is 1.74. The van der Waals surface area contributed by atoms with E-state index in [2.05, 4.69) is 27.5 Å². The molecule has 6 heteroatoms. The third-order valence-corrected chi connectivity index (χ3v) is 3.64. The third-order valence-electron chi connectivity index (χ3n) is 2.72. The maximum atomic E-state index is 12.2. The quantitative estimate of drug-likeness (QED) is 0.858. The van der Waals surface area contributed by atoms with Crippen LogP contribution in [0.4, 0.5) is 5.69 Å². The van der Waals surface area contributed by atoms with E-state index in [1.807, 2.05) is 6.92 Å². The maximum Gasteiger partial charge on any atom is 0.253 e.